The van der Waals surface area contributed by atoms with Crippen molar-refractivity contribution in [2.45, 2.75) is 0 Å². The van der Waals surface area contributed by atoms with Crippen LogP contribution in [0.5, 0.6) is 0 Å². The molecule has 0 heterocycles. The molecule has 1 heteroatoms. The summed E-state index contributed by atoms with van der Waals surface area (Å²) in [6.07, 6.45) is 0. The van der Waals surface area contributed by atoms with Gasteiger partial charge >= 0.3 is 0 Å². The van der Waals surface area contributed by atoms with Crippen molar-refractivity contribution < 1.29 is 6.85 Å². The van der Waals surface area contributed by atoms with Gasteiger partial charge in [-0.3, -0.25) is 0 Å². The maximum absolute atomic E-state index is 8.69. The zero-order valence-electron chi connectivity index (χ0n) is 21.5. The van der Waals surface area contributed by atoms with Crippen LogP contribution in [0.4, 0.5) is 0 Å². The molecule has 0 nitrogen and oxygen atoms in total. The maximum atomic E-state index is 8.69. The van der Waals surface area contributed by atoms with Crippen LogP contribution in [-0.4, -0.2) is 0 Å². The molecule has 6 rings (SSSR count). The molecule has 0 atom stereocenters. The van der Waals surface area contributed by atoms with Crippen LogP contribution in [0.15, 0.2) is 120 Å². The van der Waals surface area contributed by atoms with Crippen molar-refractivity contribution in [3.8, 4) is 22.3 Å². The Bertz CT molecular complexity index is 1770. The average molecular weight is 464 g/mol. The van der Waals surface area contributed by atoms with E-state index in [0.717, 1.165) is 47.9 Å². The van der Waals surface area contributed by atoms with Gasteiger partial charge < -0.3 is 0 Å². The SMILES string of the molecule is [2H]c1c([2H])c([2H])c(-c2c3ccccc3c(-c3ccc(Br)c4ccccc34)c3ccccc23)c([2H])c1[2H]. The molecule has 0 bridgehead atoms. The third-order valence-electron chi connectivity index (χ3n) is 5.82. The van der Waals surface area contributed by atoms with Crippen LogP contribution in [0.1, 0.15) is 6.85 Å². The first kappa shape index (κ1) is 13.8. The molecule has 31 heavy (non-hydrogen) atoms. The molecular weight excluding hydrogens is 440 g/mol. The summed E-state index contributed by atoms with van der Waals surface area (Å²) in [4.78, 5) is 0. The van der Waals surface area contributed by atoms with E-state index in [9.17, 15) is 0 Å². The van der Waals surface area contributed by atoms with Crippen LogP contribution in [0.25, 0.3) is 54.6 Å². The monoisotopic (exact) mass is 463 g/mol. The molecule has 0 amide bonds. The van der Waals surface area contributed by atoms with E-state index < -0.39 is 0 Å². The predicted molar refractivity (Wildman–Crippen MR) is 138 cm³/mol. The smallest absolute Gasteiger partial charge is 0.0622 e. The Labute approximate surface area is 196 Å². The lowest BCUT2D eigenvalue weighted by Crippen LogP contribution is -1.91. The van der Waals surface area contributed by atoms with E-state index in [-0.39, 0.29) is 35.8 Å². The number of hydrogen-bond acceptors (Lipinski definition) is 0. The van der Waals surface area contributed by atoms with Crippen molar-refractivity contribution in [3.63, 3.8) is 0 Å². The molecule has 0 saturated carbocycles. The second-order valence-corrected chi connectivity index (χ2v) is 8.34. The summed E-state index contributed by atoms with van der Waals surface area (Å²) < 4.78 is 43.0. The Morgan fingerprint density at radius 2 is 0.968 bits per heavy atom. The normalized spacial score (nSPS) is 13.6. The lowest BCUT2D eigenvalue weighted by molar-refractivity contribution is 1.66. The number of halogens is 1. The Morgan fingerprint density at radius 1 is 0.484 bits per heavy atom. The van der Waals surface area contributed by atoms with Crippen LogP contribution < -0.4 is 0 Å². The summed E-state index contributed by atoms with van der Waals surface area (Å²) in [5.41, 5.74) is 3.01. The summed E-state index contributed by atoms with van der Waals surface area (Å²) in [5.74, 6) is 0. The number of hydrogen-bond donors (Lipinski definition) is 0. The van der Waals surface area contributed by atoms with E-state index in [1.54, 1.807) is 0 Å². The van der Waals surface area contributed by atoms with Crippen molar-refractivity contribution in [1.29, 1.82) is 0 Å². The zero-order valence-corrected chi connectivity index (χ0v) is 18.0. The molecule has 0 unspecified atom stereocenters. The second-order valence-electron chi connectivity index (χ2n) is 7.48. The van der Waals surface area contributed by atoms with Crippen LogP contribution in [-0.2, 0) is 0 Å². The fourth-order valence-corrected chi connectivity index (χ4v) is 5.02. The Kier molecular flexibility index (Phi) is 3.28. The molecule has 0 aliphatic carbocycles. The number of fused-ring (bicyclic) bond motifs is 3. The Hall–Kier alpha value is -3.42. The largest absolute Gasteiger partial charge is 0.0629 e. The maximum Gasteiger partial charge on any atom is 0.0629 e. The second kappa shape index (κ2) is 7.37. The molecule has 0 saturated heterocycles. The van der Waals surface area contributed by atoms with E-state index in [0.29, 0.717) is 5.56 Å². The molecule has 0 spiro atoms. The van der Waals surface area contributed by atoms with Gasteiger partial charge in [0.15, 0.2) is 0 Å². The van der Waals surface area contributed by atoms with Gasteiger partial charge in [0.25, 0.3) is 0 Å². The van der Waals surface area contributed by atoms with E-state index in [2.05, 4.69) is 40.2 Å². The van der Waals surface area contributed by atoms with Crippen molar-refractivity contribution in [2.75, 3.05) is 0 Å². The molecule has 0 aliphatic rings. The lowest BCUT2D eigenvalue weighted by Gasteiger charge is -2.19. The van der Waals surface area contributed by atoms with Gasteiger partial charge in [-0.2, -0.15) is 0 Å². The summed E-state index contributed by atoms with van der Waals surface area (Å²) in [6, 6.07) is 26.9. The summed E-state index contributed by atoms with van der Waals surface area (Å²) in [7, 11) is 0. The van der Waals surface area contributed by atoms with Gasteiger partial charge in [0, 0.05) is 4.47 Å². The van der Waals surface area contributed by atoms with E-state index >= 15 is 0 Å². The Balaban J connectivity index is 1.86. The highest BCUT2D eigenvalue weighted by molar-refractivity contribution is 9.10. The molecule has 6 aromatic rings. The van der Waals surface area contributed by atoms with Crippen LogP contribution in [0.3, 0.4) is 0 Å². The minimum absolute atomic E-state index is 0.196. The van der Waals surface area contributed by atoms with Gasteiger partial charge in [0.2, 0.25) is 0 Å². The molecule has 0 aliphatic heterocycles. The van der Waals surface area contributed by atoms with Crippen LogP contribution in [0, 0.1) is 0 Å². The standard InChI is InChI=1S/C30H19Br/c31-28-19-18-27(21-12-4-5-13-22(21)28)30-25-16-8-6-14-23(25)29(20-10-2-1-3-11-20)24-15-7-9-17-26(24)30/h1-19H/i1D,2D,3D,10D,11D. The fraction of sp³-hybridized carbons (Fsp3) is 0. The summed E-state index contributed by atoms with van der Waals surface area (Å²) >= 11 is 3.69. The topological polar surface area (TPSA) is 0 Å². The molecule has 0 radical (unpaired) electrons. The Morgan fingerprint density at radius 3 is 1.55 bits per heavy atom. The zero-order chi connectivity index (χ0) is 25.1. The van der Waals surface area contributed by atoms with Crippen LogP contribution >= 0.6 is 15.9 Å². The first-order valence-electron chi connectivity index (χ1n) is 12.6. The third kappa shape index (κ3) is 2.89. The van der Waals surface area contributed by atoms with Crippen molar-refractivity contribution in [1.82, 2.24) is 0 Å². The highest BCUT2D eigenvalue weighted by Crippen LogP contribution is 2.45. The van der Waals surface area contributed by atoms with Gasteiger partial charge in [0.1, 0.15) is 0 Å². The minimum atomic E-state index is -0.389. The molecule has 0 N–H and O–H groups in total. The summed E-state index contributed by atoms with van der Waals surface area (Å²) in [5, 5.41) is 5.83. The summed E-state index contributed by atoms with van der Waals surface area (Å²) in [6.45, 7) is 0. The molecule has 146 valence electrons. The molecule has 0 aromatic heterocycles. The first-order valence-corrected chi connectivity index (χ1v) is 10.9. The minimum Gasteiger partial charge on any atom is -0.0622 e. The molecule has 0 fully saturated rings. The van der Waals surface area contributed by atoms with Gasteiger partial charge in [0.05, 0.1) is 6.85 Å². The van der Waals surface area contributed by atoms with Gasteiger partial charge in [-0.05, 0) is 60.6 Å². The highest BCUT2D eigenvalue weighted by atomic mass is 79.9. The lowest BCUT2D eigenvalue weighted by atomic mass is 9.85. The van der Waals surface area contributed by atoms with E-state index in [1.165, 1.54) is 0 Å². The number of benzene rings is 6. The van der Waals surface area contributed by atoms with Gasteiger partial charge in [-0.25, -0.2) is 0 Å². The van der Waals surface area contributed by atoms with E-state index in [4.69, 9.17) is 6.85 Å². The third-order valence-corrected chi connectivity index (χ3v) is 6.51. The van der Waals surface area contributed by atoms with Gasteiger partial charge in [-0.1, -0.05) is 125 Å². The van der Waals surface area contributed by atoms with Crippen molar-refractivity contribution in [3.05, 3.63) is 120 Å². The highest BCUT2D eigenvalue weighted by Gasteiger charge is 2.17. The molecular formula is C30H19Br. The van der Waals surface area contributed by atoms with Crippen molar-refractivity contribution in [2.24, 2.45) is 0 Å². The van der Waals surface area contributed by atoms with Gasteiger partial charge in [-0.15, -0.1) is 0 Å². The average Bonchev–Trinajstić information content (AvgIpc) is 2.91. The van der Waals surface area contributed by atoms with E-state index in [1.807, 2.05) is 60.7 Å². The fourth-order valence-electron chi connectivity index (χ4n) is 4.54. The molecule has 6 aromatic carbocycles. The quantitative estimate of drug-likeness (QED) is 0.224. The first-order chi connectivity index (χ1) is 17.4. The number of rotatable bonds is 2. The van der Waals surface area contributed by atoms with Crippen LogP contribution in [0.2, 0.25) is 0 Å². The van der Waals surface area contributed by atoms with Crippen molar-refractivity contribution >= 4 is 48.2 Å². The predicted octanol–water partition coefficient (Wildman–Crippen LogP) is 9.24.